The van der Waals surface area contributed by atoms with Crippen LogP contribution in [0.3, 0.4) is 0 Å². The number of sulfone groups is 1. The van der Waals surface area contributed by atoms with Gasteiger partial charge in [-0.3, -0.25) is 4.79 Å². The SMILES string of the molecule is CC(C)(c1cc(OCC(F)F)cc(OC(F)(F)F)c1)c1cc(Cl)cc(-c2c(C(N)=O)sc3ccc(C(C)(C)S(C)(=O)=O)cc23)c1. The van der Waals surface area contributed by atoms with Gasteiger partial charge in [0, 0.05) is 38.4 Å². The molecule has 0 aliphatic heterocycles. The van der Waals surface area contributed by atoms with E-state index >= 15 is 0 Å². The van der Waals surface area contributed by atoms with Crippen molar-refractivity contribution in [3.05, 3.63) is 81.2 Å². The van der Waals surface area contributed by atoms with Crippen molar-refractivity contribution in [3.8, 4) is 22.6 Å². The number of nitrogens with two attached hydrogens (primary N) is 1. The Morgan fingerprint density at radius 1 is 0.933 bits per heavy atom. The summed E-state index contributed by atoms with van der Waals surface area (Å²) in [6.07, 6.45) is -6.79. The smallest absolute Gasteiger partial charge is 0.487 e. The zero-order valence-electron chi connectivity index (χ0n) is 24.7. The predicted octanol–water partition coefficient (Wildman–Crippen LogP) is 8.47. The first-order valence-electron chi connectivity index (χ1n) is 13.3. The van der Waals surface area contributed by atoms with E-state index in [1.165, 1.54) is 6.07 Å². The predicted molar refractivity (Wildman–Crippen MR) is 165 cm³/mol. The van der Waals surface area contributed by atoms with Crippen LogP contribution in [0.2, 0.25) is 5.02 Å². The van der Waals surface area contributed by atoms with Crippen LogP contribution in [0, 0.1) is 0 Å². The van der Waals surface area contributed by atoms with Crippen molar-refractivity contribution < 1.29 is 44.6 Å². The number of hydrogen-bond acceptors (Lipinski definition) is 6. The molecule has 4 aromatic rings. The van der Waals surface area contributed by atoms with Gasteiger partial charge in [0.2, 0.25) is 0 Å². The van der Waals surface area contributed by atoms with E-state index in [-0.39, 0.29) is 21.2 Å². The minimum Gasteiger partial charge on any atom is -0.487 e. The van der Waals surface area contributed by atoms with Crippen LogP contribution < -0.4 is 15.2 Å². The van der Waals surface area contributed by atoms with Gasteiger partial charge in [-0.1, -0.05) is 37.6 Å². The molecule has 0 saturated carbocycles. The molecule has 1 aromatic heterocycles. The molecule has 14 heteroatoms. The third kappa shape index (κ3) is 7.36. The third-order valence-corrected chi connectivity index (χ3v) is 11.1. The molecular formula is C31H29ClF5NO5S2. The van der Waals surface area contributed by atoms with Gasteiger partial charge in [-0.15, -0.1) is 24.5 Å². The Bertz CT molecular complexity index is 1890. The average molecular weight is 690 g/mol. The molecule has 4 rings (SSSR count). The van der Waals surface area contributed by atoms with Crippen molar-refractivity contribution in [3.63, 3.8) is 0 Å². The second-order valence-electron chi connectivity index (χ2n) is 11.5. The minimum atomic E-state index is -5.05. The summed E-state index contributed by atoms with van der Waals surface area (Å²) in [5, 5.41) is 0.771. The largest absolute Gasteiger partial charge is 0.573 e. The summed E-state index contributed by atoms with van der Waals surface area (Å²) >= 11 is 7.69. The molecule has 0 atom stereocenters. The summed E-state index contributed by atoms with van der Waals surface area (Å²) in [5.41, 5.74) is 6.69. The zero-order valence-corrected chi connectivity index (χ0v) is 27.1. The molecule has 0 unspecified atom stereocenters. The van der Waals surface area contributed by atoms with E-state index in [9.17, 15) is 35.2 Å². The average Bonchev–Trinajstić information content (AvgIpc) is 3.29. The normalized spacial score (nSPS) is 13.0. The minimum absolute atomic E-state index is 0.189. The summed E-state index contributed by atoms with van der Waals surface area (Å²) in [6, 6.07) is 13.2. The Morgan fingerprint density at radius 3 is 2.13 bits per heavy atom. The monoisotopic (exact) mass is 689 g/mol. The fourth-order valence-corrected chi connectivity index (χ4v) is 6.62. The summed E-state index contributed by atoms with van der Waals surface area (Å²) in [7, 11) is -3.54. The number of rotatable bonds is 10. The maximum Gasteiger partial charge on any atom is 0.573 e. The van der Waals surface area contributed by atoms with Crippen LogP contribution in [-0.4, -0.2) is 40.0 Å². The number of thiophene rings is 1. The van der Waals surface area contributed by atoms with E-state index in [4.69, 9.17) is 22.1 Å². The van der Waals surface area contributed by atoms with Crippen LogP contribution in [-0.2, 0) is 20.0 Å². The van der Waals surface area contributed by atoms with Crippen LogP contribution in [0.15, 0.2) is 54.6 Å². The van der Waals surface area contributed by atoms with Crippen LogP contribution >= 0.6 is 22.9 Å². The highest BCUT2D eigenvalue weighted by atomic mass is 35.5. The summed E-state index contributed by atoms with van der Waals surface area (Å²) in [6.45, 7) is 5.45. The topological polar surface area (TPSA) is 95.7 Å². The number of carbonyl (C=O) groups excluding carboxylic acids is 1. The molecule has 0 saturated heterocycles. The van der Waals surface area contributed by atoms with Gasteiger partial charge in [-0.2, -0.15) is 0 Å². The van der Waals surface area contributed by atoms with Gasteiger partial charge < -0.3 is 15.2 Å². The molecule has 6 nitrogen and oxygen atoms in total. The standard InChI is InChI=1S/C31H29ClF5NO5S2/c1-29(2,19-11-21(42-15-25(33)34)14-22(12-19)43-31(35,36)37)18-8-16(9-20(32)10-18)26-23-13-17(30(3,4)45(5,40)41)6-7-24(23)44-27(26)28(38)39/h6-14,25H,15H2,1-5H3,(H2,38,39). The molecule has 0 aliphatic carbocycles. The summed E-state index contributed by atoms with van der Waals surface area (Å²) < 4.78 is 98.8. The van der Waals surface area contributed by atoms with Crippen molar-refractivity contribution >= 4 is 48.8 Å². The highest BCUT2D eigenvalue weighted by Crippen LogP contribution is 2.45. The highest BCUT2D eigenvalue weighted by molar-refractivity contribution is 7.91. The van der Waals surface area contributed by atoms with Gasteiger partial charge in [-0.05, 0) is 72.5 Å². The van der Waals surface area contributed by atoms with Gasteiger partial charge in [0.1, 0.15) is 23.0 Å². The Morgan fingerprint density at radius 2 is 1.56 bits per heavy atom. The number of halogens is 6. The molecule has 242 valence electrons. The van der Waals surface area contributed by atoms with Crippen LogP contribution in [0.1, 0.15) is 54.1 Å². The molecule has 1 amide bonds. The molecule has 45 heavy (non-hydrogen) atoms. The molecule has 0 spiro atoms. The molecular weight excluding hydrogens is 661 g/mol. The number of hydrogen-bond donors (Lipinski definition) is 1. The Labute approximate surface area is 265 Å². The zero-order chi connectivity index (χ0) is 33.7. The molecule has 2 N–H and O–H groups in total. The number of amides is 1. The van der Waals surface area contributed by atoms with E-state index in [0.717, 1.165) is 29.7 Å². The van der Waals surface area contributed by atoms with Crippen molar-refractivity contribution in [2.45, 2.75) is 50.6 Å². The van der Waals surface area contributed by atoms with Crippen LogP contribution in [0.25, 0.3) is 21.2 Å². The van der Waals surface area contributed by atoms with Gasteiger partial charge in [0.15, 0.2) is 9.84 Å². The van der Waals surface area contributed by atoms with Crippen molar-refractivity contribution in [1.29, 1.82) is 0 Å². The van der Waals surface area contributed by atoms with E-state index in [0.29, 0.717) is 32.3 Å². The Balaban J connectivity index is 1.93. The van der Waals surface area contributed by atoms with E-state index < -0.39 is 51.1 Å². The van der Waals surface area contributed by atoms with Crippen LogP contribution in [0.5, 0.6) is 11.5 Å². The number of primary amides is 1. The Kier molecular flexibility index (Phi) is 9.24. The first-order chi connectivity index (χ1) is 20.6. The lowest BCUT2D eigenvalue weighted by atomic mass is 9.77. The first kappa shape index (κ1) is 34.5. The number of fused-ring (bicyclic) bond motifs is 1. The van der Waals surface area contributed by atoms with E-state index in [2.05, 4.69) is 4.74 Å². The number of benzene rings is 3. The Hall–Kier alpha value is -3.42. The first-order valence-corrected chi connectivity index (χ1v) is 16.4. The van der Waals surface area contributed by atoms with Crippen LogP contribution in [0.4, 0.5) is 22.0 Å². The fraction of sp³-hybridized carbons (Fsp3) is 0.323. The molecule has 0 aliphatic rings. The lowest BCUT2D eigenvalue weighted by Crippen LogP contribution is -2.27. The van der Waals surface area contributed by atoms with Gasteiger partial charge in [0.25, 0.3) is 12.3 Å². The lowest BCUT2D eigenvalue weighted by molar-refractivity contribution is -0.274. The second-order valence-corrected chi connectivity index (χ2v) is 15.5. The number of carbonyl (C=O) groups is 1. The summed E-state index contributed by atoms with van der Waals surface area (Å²) in [4.78, 5) is 12.8. The highest BCUT2D eigenvalue weighted by Gasteiger charge is 2.35. The molecule has 0 bridgehead atoms. The van der Waals surface area contributed by atoms with Gasteiger partial charge >= 0.3 is 6.36 Å². The lowest BCUT2D eigenvalue weighted by Gasteiger charge is -2.28. The molecule has 0 fully saturated rings. The number of ether oxygens (including phenoxy) is 2. The maximum absolute atomic E-state index is 13.1. The second kappa shape index (κ2) is 12.1. The fourth-order valence-electron chi connectivity index (χ4n) is 4.78. The maximum atomic E-state index is 13.1. The molecule has 3 aromatic carbocycles. The van der Waals surface area contributed by atoms with E-state index in [1.54, 1.807) is 64.1 Å². The van der Waals surface area contributed by atoms with E-state index in [1.807, 2.05) is 0 Å². The number of alkyl halides is 5. The third-order valence-electron chi connectivity index (χ3n) is 7.65. The van der Waals surface area contributed by atoms with Crippen molar-refractivity contribution in [2.24, 2.45) is 5.73 Å². The molecule has 0 radical (unpaired) electrons. The molecule has 1 heterocycles. The summed E-state index contributed by atoms with van der Waals surface area (Å²) in [5.74, 6) is -1.66. The van der Waals surface area contributed by atoms with Crippen molar-refractivity contribution in [1.82, 2.24) is 0 Å². The quantitative estimate of drug-likeness (QED) is 0.169. The van der Waals surface area contributed by atoms with Crippen molar-refractivity contribution in [2.75, 3.05) is 12.9 Å². The van der Waals surface area contributed by atoms with Gasteiger partial charge in [-0.25, -0.2) is 17.2 Å². The van der Waals surface area contributed by atoms with Gasteiger partial charge in [0.05, 0.1) is 4.75 Å².